The third-order valence-corrected chi connectivity index (χ3v) is 20.0. The first-order chi connectivity index (χ1) is 50.5. The van der Waals surface area contributed by atoms with Gasteiger partial charge in [-0.15, -0.1) is 0 Å². The highest BCUT2D eigenvalue weighted by atomic mass is 33.1. The van der Waals surface area contributed by atoms with Crippen LogP contribution >= 0.6 is 21.6 Å². The van der Waals surface area contributed by atoms with Gasteiger partial charge in [-0.2, -0.15) is 0 Å². The smallest absolute Gasteiger partial charge is 0.407 e. The molecular formula is C73H102N14O17S2. The fourth-order valence-corrected chi connectivity index (χ4v) is 14.1. The molecule has 0 unspecified atom stereocenters. The number of H-pyrrole nitrogens is 1. The molecule has 6 rings (SSSR count). The van der Waals surface area contributed by atoms with Crippen LogP contribution in [-0.4, -0.2) is 206 Å². The molecular weight excluding hydrogens is 1410 g/mol. The fourth-order valence-electron chi connectivity index (χ4n) is 11.8. The number of phenols is 1. The van der Waals surface area contributed by atoms with Gasteiger partial charge in [-0.25, -0.2) is 4.79 Å². The van der Waals surface area contributed by atoms with E-state index in [0.29, 0.717) is 73.4 Å². The van der Waals surface area contributed by atoms with Gasteiger partial charge >= 0.3 is 6.09 Å². The molecule has 14 amide bonds. The van der Waals surface area contributed by atoms with Gasteiger partial charge in [0.15, 0.2) is 0 Å². The Kier molecular flexibility index (Phi) is 34.6. The number of carbonyl (C=O) groups is 14. The van der Waals surface area contributed by atoms with Crippen LogP contribution in [-0.2, 0) is 79.9 Å². The Bertz CT molecular complexity index is 3650. The Morgan fingerprint density at radius 1 is 0.642 bits per heavy atom. The first-order valence-electron chi connectivity index (χ1n) is 35.9. The highest BCUT2D eigenvalue weighted by Gasteiger charge is 2.36. The van der Waals surface area contributed by atoms with E-state index in [2.05, 4.69) is 58.2 Å². The van der Waals surface area contributed by atoms with Crippen molar-refractivity contribution in [1.29, 1.82) is 0 Å². The van der Waals surface area contributed by atoms with Crippen LogP contribution in [0.1, 0.15) is 149 Å². The number of aliphatic hydroxyl groups excluding tert-OH is 1. The maximum atomic E-state index is 15.3. The van der Waals surface area contributed by atoms with Crippen molar-refractivity contribution in [2.45, 2.75) is 211 Å². The lowest BCUT2D eigenvalue weighted by molar-refractivity contribution is -0.138. The number of imide groups is 2. The van der Waals surface area contributed by atoms with E-state index in [9.17, 15) is 63.0 Å². The fraction of sp³-hybridized carbons (Fsp3) is 0.534. The minimum absolute atomic E-state index is 0.00490. The van der Waals surface area contributed by atoms with Crippen LogP contribution in [0.2, 0.25) is 0 Å². The SMILES string of the molecule is CC=C(N[C@H](C(N)=O)[C@@H](C)O)[C@@H]1CSSC[C@H](NC(=O)[C@@H](CCCCNC(=O)CCCCCN2C(=O)C=CC2=O)NC(=O)CCCCCN2C(=O)C=CC2=O)C(=O)N[C@@H](Cc2ccc(O)cc2)C(=O)N[C@H](Cc2c[nH]c3ccccc23)C(=O)N[C@@H](CCCCNC(=O)OC(C)(C)C)C(=O)N[C@@H](CC)C(=O)N1. The summed E-state index contributed by atoms with van der Waals surface area (Å²) in [5.41, 5.74) is 6.88. The Balaban J connectivity index is 1.34. The number of para-hydroxylation sites is 1. The van der Waals surface area contributed by atoms with Crippen LogP contribution in [0.5, 0.6) is 5.75 Å². The Morgan fingerprint density at radius 2 is 1.19 bits per heavy atom. The number of aromatic hydroxyl groups is 1. The summed E-state index contributed by atoms with van der Waals surface area (Å²) in [6.45, 7) is 10.4. The molecule has 0 spiro atoms. The quantitative estimate of drug-likeness (QED) is 0.0228. The zero-order valence-corrected chi connectivity index (χ0v) is 62.5. The molecule has 0 saturated carbocycles. The van der Waals surface area contributed by atoms with E-state index in [1.807, 2.05) is 12.1 Å². The van der Waals surface area contributed by atoms with E-state index in [4.69, 9.17) is 10.5 Å². The van der Waals surface area contributed by atoms with Crippen LogP contribution in [0.15, 0.2) is 90.8 Å². The summed E-state index contributed by atoms with van der Waals surface area (Å²) in [7, 11) is 2.15. The Labute approximate surface area is 624 Å². The number of hydrogen-bond acceptors (Lipinski definition) is 20. The van der Waals surface area contributed by atoms with Crippen molar-refractivity contribution in [2.24, 2.45) is 5.73 Å². The third kappa shape index (κ3) is 28.3. The lowest BCUT2D eigenvalue weighted by atomic mass is 10.0. The Hall–Kier alpha value is -9.76. The van der Waals surface area contributed by atoms with Crippen LogP contribution < -0.4 is 58.9 Å². The van der Waals surface area contributed by atoms with Crippen LogP contribution in [0.25, 0.3) is 10.9 Å². The summed E-state index contributed by atoms with van der Waals surface area (Å²) in [4.78, 5) is 196. The summed E-state index contributed by atoms with van der Waals surface area (Å²) < 4.78 is 5.38. The number of aromatic nitrogens is 1. The topological polar surface area (TPSA) is 457 Å². The number of nitrogens with zero attached hydrogens (tertiary/aromatic N) is 2. The number of amides is 14. The van der Waals surface area contributed by atoms with Crippen molar-refractivity contribution >= 4 is 115 Å². The minimum atomic E-state index is -1.54. The van der Waals surface area contributed by atoms with Gasteiger partial charge < -0.3 is 78.8 Å². The molecule has 106 heavy (non-hydrogen) atoms. The zero-order chi connectivity index (χ0) is 77.5. The van der Waals surface area contributed by atoms with Crippen LogP contribution in [0.3, 0.4) is 0 Å². The van der Waals surface area contributed by atoms with Gasteiger partial charge in [-0.1, -0.05) is 77.8 Å². The highest BCUT2D eigenvalue weighted by molar-refractivity contribution is 8.76. The molecule has 0 radical (unpaired) electrons. The van der Waals surface area contributed by atoms with Crippen LogP contribution in [0, 0.1) is 0 Å². The van der Waals surface area contributed by atoms with Crippen molar-refractivity contribution in [3.8, 4) is 5.75 Å². The van der Waals surface area contributed by atoms with Gasteiger partial charge in [0.05, 0.1) is 12.1 Å². The zero-order valence-electron chi connectivity index (χ0n) is 60.8. The second-order valence-corrected chi connectivity index (χ2v) is 29.7. The van der Waals surface area contributed by atoms with Gasteiger partial charge in [0.25, 0.3) is 23.6 Å². The molecule has 33 heteroatoms. The number of primary amides is 1. The molecule has 2 aromatic carbocycles. The van der Waals surface area contributed by atoms with Gasteiger partial charge in [-0.3, -0.25) is 72.1 Å². The lowest BCUT2D eigenvalue weighted by Gasteiger charge is -2.30. The van der Waals surface area contributed by atoms with E-state index in [1.165, 1.54) is 55.5 Å². The van der Waals surface area contributed by atoms with Gasteiger partial charge in [0.2, 0.25) is 53.2 Å². The number of rotatable bonds is 35. The number of fused-ring (bicyclic) bond motifs is 1. The average Bonchev–Trinajstić information content (AvgIpc) is 1.59. The maximum absolute atomic E-state index is 15.3. The number of nitrogens with two attached hydrogens (primary N) is 1. The van der Waals surface area contributed by atoms with E-state index in [1.54, 1.807) is 59.0 Å². The molecule has 4 heterocycles. The Morgan fingerprint density at radius 3 is 1.79 bits per heavy atom. The van der Waals surface area contributed by atoms with Crippen molar-refractivity contribution in [1.82, 2.24) is 68.0 Å². The predicted octanol–water partition coefficient (Wildman–Crippen LogP) is 2.54. The molecule has 578 valence electrons. The number of alkyl carbamates (subject to hydrolysis) is 1. The van der Waals surface area contributed by atoms with Crippen LogP contribution in [0.4, 0.5) is 4.79 Å². The minimum Gasteiger partial charge on any atom is -0.508 e. The molecule has 3 aliphatic heterocycles. The molecule has 31 nitrogen and oxygen atoms in total. The molecule has 1 aromatic heterocycles. The van der Waals surface area contributed by atoms with Crippen molar-refractivity contribution < 1.29 is 82.1 Å². The summed E-state index contributed by atoms with van der Waals surface area (Å²) in [6, 6.07) is 2.10. The van der Waals surface area contributed by atoms with Gasteiger partial charge in [0.1, 0.15) is 53.6 Å². The van der Waals surface area contributed by atoms with Crippen molar-refractivity contribution in [3.05, 3.63) is 102 Å². The number of ether oxygens (including phenoxy) is 1. The first-order valence-corrected chi connectivity index (χ1v) is 38.4. The average molecular weight is 1510 g/mol. The number of nitrogens with one attached hydrogen (secondary N) is 11. The molecule has 0 aliphatic carbocycles. The molecule has 3 aromatic rings. The molecule has 15 N–H and O–H groups in total. The number of carbonyl (C=O) groups excluding carboxylic acids is 14. The number of aliphatic hydroxyl groups is 1. The summed E-state index contributed by atoms with van der Waals surface area (Å²) in [6.07, 6.45) is 9.42. The first kappa shape index (κ1) is 85.2. The molecule has 3 aliphatic rings. The second kappa shape index (κ2) is 43.0. The summed E-state index contributed by atoms with van der Waals surface area (Å²) >= 11 is 0. The molecule has 0 bridgehead atoms. The molecule has 1 saturated heterocycles. The molecule has 1 fully saturated rings. The van der Waals surface area contributed by atoms with E-state index in [-0.39, 0.29) is 125 Å². The molecule has 9 atom stereocenters. The monoisotopic (exact) mass is 1510 g/mol. The second-order valence-electron chi connectivity index (χ2n) is 27.1. The van der Waals surface area contributed by atoms with E-state index in [0.717, 1.165) is 31.4 Å². The number of benzene rings is 2. The van der Waals surface area contributed by atoms with E-state index >= 15 is 14.4 Å². The highest BCUT2D eigenvalue weighted by Crippen LogP contribution is 2.27. The maximum Gasteiger partial charge on any atom is 0.407 e. The summed E-state index contributed by atoms with van der Waals surface area (Å²) in [5.74, 6) is -8.76. The van der Waals surface area contributed by atoms with Gasteiger partial charge in [-0.05, 0) is 135 Å². The van der Waals surface area contributed by atoms with Gasteiger partial charge in [0, 0.05) is 110 Å². The van der Waals surface area contributed by atoms with Crippen molar-refractivity contribution in [3.63, 3.8) is 0 Å². The van der Waals surface area contributed by atoms with E-state index < -0.39 is 125 Å². The number of phenolic OH excluding ortho intramolecular Hbond substituents is 1. The largest absolute Gasteiger partial charge is 0.508 e. The normalized spacial score (nSPS) is 20.4. The van der Waals surface area contributed by atoms with Crippen molar-refractivity contribution in [2.75, 3.05) is 37.7 Å². The number of hydrogen-bond donors (Lipinski definition) is 14. The number of allylic oxidation sites excluding steroid dienone is 1. The third-order valence-electron chi connectivity index (χ3n) is 17.6. The number of aromatic amines is 1. The summed E-state index contributed by atoms with van der Waals surface area (Å²) in [5, 5.41) is 50.1. The standard InChI is InChI=1S/C73H102N14O17S2/c1-7-49(79-64(44(3)88)65(74)96)56-42-105-106-43-57(85-67(98)52(78-59(91)26-12-10-20-38-87-62(94)33-34-63(87)95)23-15-17-35-75-58(90)25-11-9-19-37-86-60(92)31-32-61(86)93)71(102)82-54(39-45-27-29-47(89)30-28-45)69(100)83-55(40-46-41-77-51-22-14-13-21-48(46)51)70(101)81-53(68(99)80-50(8-2)66(97)84-56)24-16-18-36-76-72(103)104-73(4,5)6/h7,13-14,21-22,27-34,41,44,50,52-57,64,77,79,88-89H,8-12,15-20,23-26,35-40,42-43H2,1-6H3,(H2,74,96)(H,75,90)(H,76,103)(H,78,91)(H,80,99)(H,81,101)(H,82,102)(H,83,100)(H,84,97)(H,85,98)/t44-,50+,52-,53+,54+,55-,56+,57+,64+/m1/s1. The number of unbranched alkanes of at least 4 members (excludes halogenated alkanes) is 6. The lowest BCUT2D eigenvalue weighted by Crippen LogP contribution is -2.61. The predicted molar refractivity (Wildman–Crippen MR) is 398 cm³/mol.